The van der Waals surface area contributed by atoms with Gasteiger partial charge in [-0.3, -0.25) is 0 Å². The zero-order valence-corrected chi connectivity index (χ0v) is 19.6. The molecular formula is C20H29BrN2O3Si. The summed E-state index contributed by atoms with van der Waals surface area (Å²) in [5, 5.41) is 0.147. The maximum absolute atomic E-state index is 12.3. The molecule has 0 fully saturated rings. The summed E-state index contributed by atoms with van der Waals surface area (Å²) in [7, 11) is -1.84. The van der Waals surface area contributed by atoms with Gasteiger partial charge in [0.05, 0.1) is 18.9 Å². The molecule has 0 aliphatic carbocycles. The van der Waals surface area contributed by atoms with Gasteiger partial charge in [0.15, 0.2) is 8.32 Å². The Morgan fingerprint density at radius 1 is 1.22 bits per heavy atom. The van der Waals surface area contributed by atoms with Gasteiger partial charge < -0.3 is 13.7 Å². The van der Waals surface area contributed by atoms with Gasteiger partial charge in [-0.2, -0.15) is 0 Å². The smallest absolute Gasteiger partial charge is 0.374 e. The minimum absolute atomic E-state index is 0.147. The molecule has 0 saturated carbocycles. The first-order valence-corrected chi connectivity index (χ1v) is 12.9. The van der Waals surface area contributed by atoms with Gasteiger partial charge in [0, 0.05) is 22.8 Å². The van der Waals surface area contributed by atoms with Crippen molar-refractivity contribution in [1.29, 1.82) is 0 Å². The lowest BCUT2D eigenvalue weighted by Gasteiger charge is -2.36. The predicted molar refractivity (Wildman–Crippen MR) is 114 cm³/mol. The van der Waals surface area contributed by atoms with E-state index < -0.39 is 14.3 Å². The van der Waals surface area contributed by atoms with Gasteiger partial charge in [0.25, 0.3) is 0 Å². The summed E-state index contributed by atoms with van der Waals surface area (Å²) >= 11 is 3.44. The van der Waals surface area contributed by atoms with E-state index in [0.29, 0.717) is 25.6 Å². The molecule has 1 aromatic carbocycles. The fourth-order valence-electron chi connectivity index (χ4n) is 2.32. The number of benzene rings is 1. The van der Waals surface area contributed by atoms with Gasteiger partial charge >= 0.3 is 5.97 Å². The molecule has 2 rings (SSSR count). The summed E-state index contributed by atoms with van der Waals surface area (Å²) in [6.07, 6.45) is 1.89. The third kappa shape index (κ3) is 5.52. The van der Waals surface area contributed by atoms with E-state index in [1.54, 1.807) is 6.92 Å². The monoisotopic (exact) mass is 452 g/mol. The lowest BCUT2D eigenvalue weighted by atomic mass is 10.2. The second kappa shape index (κ2) is 8.71. The van der Waals surface area contributed by atoms with Crippen LogP contribution in [0.2, 0.25) is 18.1 Å². The van der Waals surface area contributed by atoms with Crippen molar-refractivity contribution >= 4 is 30.2 Å². The summed E-state index contributed by atoms with van der Waals surface area (Å²) in [5.74, 6) is -0.0956. The van der Waals surface area contributed by atoms with Crippen LogP contribution in [0.5, 0.6) is 0 Å². The van der Waals surface area contributed by atoms with Crippen LogP contribution < -0.4 is 0 Å². The van der Waals surface area contributed by atoms with Gasteiger partial charge in [-0.25, -0.2) is 9.78 Å². The average molecular weight is 453 g/mol. The number of carbonyl (C=O) groups excluding carboxylic acids is 1. The molecule has 0 N–H and O–H groups in total. The molecule has 0 spiro atoms. The molecule has 0 amide bonds. The van der Waals surface area contributed by atoms with Crippen LogP contribution in [0.3, 0.4) is 0 Å². The molecular weight excluding hydrogens is 424 g/mol. The quantitative estimate of drug-likeness (QED) is 0.410. The fraction of sp³-hybridized carbons (Fsp3) is 0.500. The van der Waals surface area contributed by atoms with Crippen LogP contribution in [0, 0.1) is 0 Å². The first-order valence-electron chi connectivity index (χ1n) is 9.19. The fourth-order valence-corrected chi connectivity index (χ4v) is 3.62. The standard InChI is InChI=1S/C20H29BrN2O3Si/c1-7-25-19(24)18-22-17(15-8-10-16(21)11-9-15)14-23(18)12-13-26-27(5,6)20(2,3)4/h8-11,14H,7,12-13H2,1-6H3. The van der Waals surface area contributed by atoms with E-state index in [1.807, 2.05) is 35.0 Å². The highest BCUT2D eigenvalue weighted by molar-refractivity contribution is 9.10. The SMILES string of the molecule is CCOC(=O)c1nc(-c2ccc(Br)cc2)cn1CCO[Si](C)(C)C(C)(C)C. The summed E-state index contributed by atoms with van der Waals surface area (Å²) in [6.45, 7) is 14.3. The lowest BCUT2D eigenvalue weighted by molar-refractivity contribution is 0.0505. The molecule has 148 valence electrons. The van der Waals surface area contributed by atoms with Crippen LogP contribution in [-0.2, 0) is 15.7 Å². The Bertz CT molecular complexity index is 780. The minimum Gasteiger partial charge on any atom is -0.460 e. The summed E-state index contributed by atoms with van der Waals surface area (Å²) in [5.41, 5.74) is 1.70. The number of halogens is 1. The highest BCUT2D eigenvalue weighted by atomic mass is 79.9. The first-order chi connectivity index (χ1) is 12.5. The molecule has 0 bridgehead atoms. The molecule has 2 aromatic rings. The molecule has 1 aromatic heterocycles. The minimum atomic E-state index is -1.84. The molecule has 0 aliphatic rings. The van der Waals surface area contributed by atoms with Crippen LogP contribution >= 0.6 is 15.9 Å². The maximum atomic E-state index is 12.3. The van der Waals surface area contributed by atoms with Crippen molar-refractivity contribution < 1.29 is 14.0 Å². The van der Waals surface area contributed by atoms with E-state index in [4.69, 9.17) is 9.16 Å². The molecule has 0 aliphatic heterocycles. The first kappa shape index (κ1) is 21.9. The van der Waals surface area contributed by atoms with Gasteiger partial charge in [0.2, 0.25) is 5.82 Å². The normalized spacial score (nSPS) is 12.3. The van der Waals surface area contributed by atoms with E-state index in [1.165, 1.54) is 0 Å². The number of hydrogen-bond acceptors (Lipinski definition) is 4. The average Bonchev–Trinajstić information content (AvgIpc) is 2.99. The van der Waals surface area contributed by atoms with Crippen molar-refractivity contribution in [2.75, 3.05) is 13.2 Å². The highest BCUT2D eigenvalue weighted by Gasteiger charge is 2.37. The zero-order valence-electron chi connectivity index (χ0n) is 17.0. The zero-order chi connectivity index (χ0) is 20.2. The summed E-state index contributed by atoms with van der Waals surface area (Å²) in [6, 6.07) is 7.85. The summed E-state index contributed by atoms with van der Waals surface area (Å²) in [4.78, 5) is 16.9. The number of nitrogens with zero attached hydrogens (tertiary/aromatic N) is 2. The molecule has 0 unspecified atom stereocenters. The predicted octanol–water partition coefficient (Wildman–Crippen LogP) is 5.51. The van der Waals surface area contributed by atoms with E-state index >= 15 is 0 Å². The molecule has 27 heavy (non-hydrogen) atoms. The largest absolute Gasteiger partial charge is 0.460 e. The van der Waals surface area contributed by atoms with Crippen LogP contribution in [0.4, 0.5) is 0 Å². The van der Waals surface area contributed by atoms with Crippen molar-refractivity contribution in [3.05, 3.63) is 40.8 Å². The lowest BCUT2D eigenvalue weighted by Crippen LogP contribution is -2.41. The Morgan fingerprint density at radius 2 is 1.85 bits per heavy atom. The number of imidazole rings is 1. The van der Waals surface area contributed by atoms with Crippen LogP contribution in [0.25, 0.3) is 11.3 Å². The third-order valence-corrected chi connectivity index (χ3v) is 10.0. The number of esters is 1. The Kier molecular flexibility index (Phi) is 7.05. The van der Waals surface area contributed by atoms with Crippen molar-refractivity contribution in [3.63, 3.8) is 0 Å². The second-order valence-electron chi connectivity index (χ2n) is 7.98. The highest BCUT2D eigenvalue weighted by Crippen LogP contribution is 2.36. The number of rotatable bonds is 7. The van der Waals surface area contributed by atoms with Gasteiger partial charge in [-0.15, -0.1) is 0 Å². The van der Waals surface area contributed by atoms with E-state index in [-0.39, 0.29) is 5.04 Å². The van der Waals surface area contributed by atoms with Gasteiger partial charge in [-0.1, -0.05) is 48.8 Å². The topological polar surface area (TPSA) is 53.3 Å². The van der Waals surface area contributed by atoms with E-state index in [9.17, 15) is 4.79 Å². The number of ether oxygens (including phenoxy) is 1. The van der Waals surface area contributed by atoms with Gasteiger partial charge in [-0.05, 0) is 37.2 Å². The molecule has 0 radical (unpaired) electrons. The molecule has 0 saturated heterocycles. The Balaban J connectivity index is 2.23. The van der Waals surface area contributed by atoms with Crippen LogP contribution in [0.1, 0.15) is 38.3 Å². The summed E-state index contributed by atoms with van der Waals surface area (Å²) < 4.78 is 14.3. The number of aromatic nitrogens is 2. The molecule has 1 heterocycles. The maximum Gasteiger partial charge on any atom is 0.374 e. The van der Waals surface area contributed by atoms with E-state index in [0.717, 1.165) is 15.7 Å². The van der Waals surface area contributed by atoms with Crippen molar-refractivity contribution in [2.24, 2.45) is 0 Å². The van der Waals surface area contributed by atoms with Crippen molar-refractivity contribution in [2.45, 2.75) is 52.4 Å². The number of carbonyl (C=O) groups is 1. The molecule has 5 nitrogen and oxygen atoms in total. The molecule has 7 heteroatoms. The Hall–Kier alpha value is -1.44. The molecule has 0 atom stereocenters. The van der Waals surface area contributed by atoms with Crippen molar-refractivity contribution in [1.82, 2.24) is 9.55 Å². The van der Waals surface area contributed by atoms with Crippen LogP contribution in [-0.4, -0.2) is 37.1 Å². The van der Waals surface area contributed by atoms with Gasteiger partial charge in [0.1, 0.15) is 0 Å². The second-order valence-corrected chi connectivity index (χ2v) is 13.7. The Morgan fingerprint density at radius 3 is 2.41 bits per heavy atom. The Labute approximate surface area is 171 Å². The number of hydrogen-bond donors (Lipinski definition) is 0. The van der Waals surface area contributed by atoms with Crippen LogP contribution in [0.15, 0.2) is 34.9 Å². The van der Waals surface area contributed by atoms with E-state index in [2.05, 4.69) is 54.8 Å². The van der Waals surface area contributed by atoms with Crippen molar-refractivity contribution in [3.8, 4) is 11.3 Å². The third-order valence-electron chi connectivity index (χ3n) is 4.98.